The lowest BCUT2D eigenvalue weighted by molar-refractivity contribution is -0.161. The second-order valence-corrected chi connectivity index (χ2v) is 20.7. The SMILES string of the molecule is CC/C=C\C[C@H](O)/C=C/C=C\C/C=C\C=C\[C@H](O)/C=C\CCCC(=O)O[C@H](COC(=O)CCCCCCC/C=C\CCCCCCCC)COP(=O)(O)OP(=O)(O)OC[C@H]1O[C@@H](n2ccc(N)nc2=O)[C@H](O)[C@@H]1O. The molecule has 0 radical (unpaired) electrons. The first-order chi connectivity index (χ1) is 35.5. The highest BCUT2D eigenvalue weighted by molar-refractivity contribution is 7.61. The lowest BCUT2D eigenvalue weighted by Crippen LogP contribution is -2.36. The van der Waals surface area contributed by atoms with Crippen LogP contribution in [0.2, 0.25) is 0 Å². The number of carbonyl (C=O) groups is 2. The van der Waals surface area contributed by atoms with Crippen LogP contribution in [0.15, 0.2) is 102 Å². The molecule has 2 unspecified atom stereocenters. The summed E-state index contributed by atoms with van der Waals surface area (Å²) in [6, 6.07) is 1.23. The molecule has 1 aromatic rings. The van der Waals surface area contributed by atoms with Crippen molar-refractivity contribution >= 4 is 33.4 Å². The van der Waals surface area contributed by atoms with Crippen molar-refractivity contribution in [3.8, 4) is 0 Å². The summed E-state index contributed by atoms with van der Waals surface area (Å²) in [5.41, 5.74) is 4.56. The molecule has 2 heterocycles. The second-order valence-electron chi connectivity index (χ2n) is 17.7. The number of nitrogens with two attached hydrogens (primary N) is 1. The summed E-state index contributed by atoms with van der Waals surface area (Å²) in [4.78, 5) is 61.9. The number of ether oxygens (including phenoxy) is 3. The van der Waals surface area contributed by atoms with Gasteiger partial charge in [0.2, 0.25) is 0 Å². The van der Waals surface area contributed by atoms with E-state index in [2.05, 4.69) is 28.4 Å². The van der Waals surface area contributed by atoms with Crippen molar-refractivity contribution in [2.75, 3.05) is 25.6 Å². The molecule has 8 N–H and O–H groups in total. The molecule has 1 saturated heterocycles. The van der Waals surface area contributed by atoms with Gasteiger partial charge in [-0.1, -0.05) is 150 Å². The molecule has 1 aliphatic heterocycles. The van der Waals surface area contributed by atoms with Crippen molar-refractivity contribution in [1.82, 2.24) is 9.55 Å². The molecule has 0 spiro atoms. The summed E-state index contributed by atoms with van der Waals surface area (Å²) in [6.07, 6.45) is 34.4. The molecule has 2 rings (SSSR count). The number of anilines is 1. The number of aromatic nitrogens is 2. The summed E-state index contributed by atoms with van der Waals surface area (Å²) in [5.74, 6) is -1.51. The van der Waals surface area contributed by atoms with Crippen molar-refractivity contribution in [2.45, 2.75) is 185 Å². The average molecular weight is 1080 g/mol. The van der Waals surface area contributed by atoms with Crippen molar-refractivity contribution in [3.63, 3.8) is 0 Å². The Morgan fingerprint density at radius 1 is 0.743 bits per heavy atom. The van der Waals surface area contributed by atoms with Crippen LogP contribution < -0.4 is 11.4 Å². The normalized spacial score (nSPS) is 20.4. The maximum Gasteiger partial charge on any atom is 0.481 e. The summed E-state index contributed by atoms with van der Waals surface area (Å²) >= 11 is 0. The molecule has 0 amide bonds. The van der Waals surface area contributed by atoms with Gasteiger partial charge in [-0.2, -0.15) is 9.29 Å². The van der Waals surface area contributed by atoms with E-state index >= 15 is 0 Å². The number of phosphoric acid groups is 2. The Labute approximate surface area is 436 Å². The van der Waals surface area contributed by atoms with Gasteiger partial charge in [0, 0.05) is 19.0 Å². The number of hydrogen-bond donors (Lipinski definition) is 7. The summed E-state index contributed by atoms with van der Waals surface area (Å²) in [7, 11) is -11.0. The second kappa shape index (κ2) is 39.3. The molecule has 1 fully saturated rings. The number of aliphatic hydroxyl groups is 4. The Kier molecular flexibility index (Phi) is 35.0. The molecule has 1 aromatic heterocycles. The van der Waals surface area contributed by atoms with E-state index in [9.17, 15) is 53.7 Å². The maximum absolute atomic E-state index is 12.9. The van der Waals surface area contributed by atoms with Gasteiger partial charge in [0.15, 0.2) is 12.3 Å². The number of nitrogens with zero attached hydrogens (tertiary/aromatic N) is 2. The van der Waals surface area contributed by atoms with Crippen molar-refractivity contribution in [3.05, 3.63) is 108 Å². The van der Waals surface area contributed by atoms with E-state index in [0.717, 1.165) is 55.7 Å². The minimum atomic E-state index is -5.48. The van der Waals surface area contributed by atoms with Crippen molar-refractivity contribution < 1.29 is 76.5 Å². The van der Waals surface area contributed by atoms with Gasteiger partial charge in [-0.15, -0.1) is 0 Å². The molecule has 22 heteroatoms. The van der Waals surface area contributed by atoms with E-state index in [4.69, 9.17) is 29.0 Å². The molecule has 0 aliphatic carbocycles. The topological polar surface area (TPSA) is 306 Å². The van der Waals surface area contributed by atoms with Crippen LogP contribution in [-0.4, -0.2) is 108 Å². The quantitative estimate of drug-likeness (QED) is 0.0106. The van der Waals surface area contributed by atoms with Gasteiger partial charge < -0.3 is 50.2 Å². The third-order valence-corrected chi connectivity index (χ3v) is 13.7. The third kappa shape index (κ3) is 31.7. The number of rotatable bonds is 41. The van der Waals surface area contributed by atoms with Gasteiger partial charge in [-0.3, -0.25) is 23.2 Å². The van der Waals surface area contributed by atoms with Gasteiger partial charge in [0.25, 0.3) is 0 Å². The Balaban J connectivity index is 1.87. The largest absolute Gasteiger partial charge is 0.481 e. The zero-order chi connectivity index (χ0) is 54.5. The van der Waals surface area contributed by atoms with Gasteiger partial charge in [0.1, 0.15) is 30.7 Å². The number of nitrogen functional groups attached to an aromatic ring is 1. The zero-order valence-electron chi connectivity index (χ0n) is 43.1. The predicted octanol–water partition coefficient (Wildman–Crippen LogP) is 8.61. The number of carbonyl (C=O) groups excluding carboxylic acids is 2. The number of aliphatic hydroxyl groups excluding tert-OH is 4. The van der Waals surface area contributed by atoms with Crippen LogP contribution in [0.1, 0.15) is 148 Å². The van der Waals surface area contributed by atoms with Gasteiger partial charge >= 0.3 is 33.3 Å². The van der Waals surface area contributed by atoms with Gasteiger partial charge in [0.05, 0.1) is 25.4 Å². The highest BCUT2D eigenvalue weighted by Crippen LogP contribution is 2.60. The van der Waals surface area contributed by atoms with Crippen LogP contribution in [0.5, 0.6) is 0 Å². The van der Waals surface area contributed by atoms with Crippen molar-refractivity contribution in [2.24, 2.45) is 0 Å². The highest BCUT2D eigenvalue weighted by atomic mass is 31.3. The Hall–Kier alpha value is -4.14. The molecule has 418 valence electrons. The number of allylic oxidation sites excluding steroid dienone is 10. The number of unbranched alkanes of at least 4 members (excludes halogenated alkanes) is 12. The molecule has 20 nitrogen and oxygen atoms in total. The molecule has 0 bridgehead atoms. The molecule has 0 saturated carbocycles. The van der Waals surface area contributed by atoms with Crippen LogP contribution in [0.25, 0.3) is 0 Å². The zero-order valence-corrected chi connectivity index (χ0v) is 44.9. The van der Waals surface area contributed by atoms with Crippen LogP contribution in [0.4, 0.5) is 5.82 Å². The van der Waals surface area contributed by atoms with Crippen LogP contribution in [-0.2, 0) is 46.3 Å². The van der Waals surface area contributed by atoms with E-state index in [1.165, 1.54) is 44.6 Å². The molecular weight excluding hydrogens is 1000 g/mol. The number of hydrogen-bond acceptors (Lipinski definition) is 17. The average Bonchev–Trinajstić information content (AvgIpc) is 3.63. The lowest BCUT2D eigenvalue weighted by Gasteiger charge is -2.21. The fourth-order valence-corrected chi connectivity index (χ4v) is 9.22. The smallest absolute Gasteiger partial charge is 0.462 e. The standard InChI is InChI=1S/C52H83N3O17P2/c1-3-5-7-8-9-10-11-12-13-14-15-16-20-23-29-35-47(58)67-39-44(70-48(59)36-30-24-28-34-43(57)33-27-22-19-17-18-21-26-32-42(56)31-25-6-4-2)40-68-73(63,64)72-74(65,66)69-41-45-49(60)50(61)51(71-45)55-38-37-46(53)54-52(55)62/h6,12-13,18-19,21-22,25-28,32-34,37-38,42-45,49-51,56-57,60-61H,3-5,7-11,14-17,20,23-24,29-31,35-36,39-41H2,1-2H3,(H,63,64)(H,65,66)(H2,53,54,62)/b13-12-,21-18-,22-19-,25-6-,32-26+,33-27+,34-28-/t42-,43-,44+,45+,49+,50+,51+/m0/s1. The molecule has 1 aliphatic rings. The Morgan fingerprint density at radius 2 is 1.36 bits per heavy atom. The van der Waals surface area contributed by atoms with Crippen LogP contribution >= 0.6 is 15.6 Å². The molecule has 9 atom stereocenters. The van der Waals surface area contributed by atoms with E-state index in [1.54, 1.807) is 42.5 Å². The molecular formula is C52H83N3O17P2. The fourth-order valence-electron chi connectivity index (χ4n) is 7.11. The predicted molar refractivity (Wildman–Crippen MR) is 282 cm³/mol. The summed E-state index contributed by atoms with van der Waals surface area (Å²) in [6.45, 7) is 1.76. The maximum atomic E-state index is 12.9. The number of phosphoric ester groups is 2. The fraction of sp³-hybridized carbons (Fsp3) is 0.615. The first kappa shape index (κ1) is 66.0. The summed E-state index contributed by atoms with van der Waals surface area (Å²) < 4.78 is 56.6. The van der Waals surface area contributed by atoms with E-state index in [-0.39, 0.29) is 25.1 Å². The Bertz CT molecular complexity index is 2110. The van der Waals surface area contributed by atoms with Crippen LogP contribution in [0, 0.1) is 0 Å². The van der Waals surface area contributed by atoms with Gasteiger partial charge in [-0.05, 0) is 70.3 Å². The monoisotopic (exact) mass is 1080 g/mol. The first-order valence-corrected chi connectivity index (χ1v) is 28.8. The molecule has 74 heavy (non-hydrogen) atoms. The third-order valence-electron chi connectivity index (χ3n) is 11.1. The van der Waals surface area contributed by atoms with E-state index in [0.29, 0.717) is 25.7 Å². The van der Waals surface area contributed by atoms with Gasteiger partial charge in [-0.25, -0.2) is 13.9 Å². The first-order valence-electron chi connectivity index (χ1n) is 25.8. The Morgan fingerprint density at radius 3 is 2.04 bits per heavy atom. The minimum Gasteiger partial charge on any atom is -0.462 e. The number of esters is 2. The summed E-state index contributed by atoms with van der Waals surface area (Å²) in [5, 5.41) is 41.1. The highest BCUT2D eigenvalue weighted by Gasteiger charge is 2.46. The van der Waals surface area contributed by atoms with Crippen molar-refractivity contribution in [1.29, 1.82) is 0 Å². The lowest BCUT2D eigenvalue weighted by atomic mass is 10.1. The van der Waals surface area contributed by atoms with E-state index in [1.807, 2.05) is 37.3 Å². The van der Waals surface area contributed by atoms with E-state index < -0.39 is 95.9 Å². The minimum absolute atomic E-state index is 0.0696. The van der Waals surface area contributed by atoms with Crippen LogP contribution in [0.3, 0.4) is 0 Å². The molecule has 0 aromatic carbocycles.